The maximum atomic E-state index is 12.3. The van der Waals surface area contributed by atoms with Crippen LogP contribution in [0.2, 0.25) is 0 Å². The first-order chi connectivity index (χ1) is 9.01. The lowest BCUT2D eigenvalue weighted by molar-refractivity contribution is -0.139. The van der Waals surface area contributed by atoms with Crippen LogP contribution in [0.15, 0.2) is 0 Å². The second-order valence-corrected chi connectivity index (χ2v) is 6.18. The minimum absolute atomic E-state index is 0.0188. The van der Waals surface area contributed by atoms with Gasteiger partial charge in [0.05, 0.1) is 18.0 Å². The molecule has 2 atom stereocenters. The maximum absolute atomic E-state index is 12.3. The fraction of sp³-hybridized carbons (Fsp3) is 0.857. The van der Waals surface area contributed by atoms with Crippen molar-refractivity contribution >= 4 is 11.9 Å². The number of carbonyl (C=O) groups excluding carboxylic acids is 1. The van der Waals surface area contributed by atoms with E-state index < -0.39 is 11.5 Å². The van der Waals surface area contributed by atoms with Crippen molar-refractivity contribution < 1.29 is 14.7 Å². The van der Waals surface area contributed by atoms with E-state index in [1.807, 2.05) is 0 Å². The molecule has 1 amide bonds. The Morgan fingerprint density at radius 1 is 1.37 bits per heavy atom. The number of piperidine rings is 1. The maximum Gasteiger partial charge on any atom is 0.305 e. The Labute approximate surface area is 114 Å². The van der Waals surface area contributed by atoms with Gasteiger partial charge in [-0.2, -0.15) is 0 Å². The van der Waals surface area contributed by atoms with Crippen molar-refractivity contribution in [3.05, 3.63) is 0 Å². The molecule has 19 heavy (non-hydrogen) atoms. The molecule has 2 unspecified atom stereocenters. The lowest BCUT2D eigenvalue weighted by atomic mass is 9.90. The average molecular weight is 268 g/mol. The van der Waals surface area contributed by atoms with Crippen molar-refractivity contribution in [3.63, 3.8) is 0 Å². The molecular weight excluding hydrogens is 244 g/mol. The normalized spacial score (nSPS) is 29.9. The highest BCUT2D eigenvalue weighted by molar-refractivity contribution is 5.83. The number of hydrogen-bond donors (Lipinski definition) is 3. The summed E-state index contributed by atoms with van der Waals surface area (Å²) in [7, 11) is 0. The number of aliphatic carboxylic acids is 1. The Balaban J connectivity index is 1.96. The summed E-state index contributed by atoms with van der Waals surface area (Å²) >= 11 is 0. The number of carboxylic acids is 1. The van der Waals surface area contributed by atoms with Crippen LogP contribution in [0.4, 0.5) is 0 Å². The highest BCUT2D eigenvalue weighted by Gasteiger charge is 2.39. The summed E-state index contributed by atoms with van der Waals surface area (Å²) in [5.74, 6) is -0.294. The summed E-state index contributed by atoms with van der Waals surface area (Å²) in [5, 5.41) is 15.3. The summed E-state index contributed by atoms with van der Waals surface area (Å²) < 4.78 is 0. The molecule has 108 valence electrons. The first kappa shape index (κ1) is 14.3. The van der Waals surface area contributed by atoms with Crippen molar-refractivity contribution in [3.8, 4) is 0 Å². The van der Waals surface area contributed by atoms with E-state index in [-0.39, 0.29) is 18.4 Å². The molecule has 1 aliphatic heterocycles. The van der Waals surface area contributed by atoms with E-state index in [1.54, 1.807) is 0 Å². The predicted molar refractivity (Wildman–Crippen MR) is 71.8 cm³/mol. The largest absolute Gasteiger partial charge is 0.481 e. The fourth-order valence-corrected chi connectivity index (χ4v) is 3.34. The van der Waals surface area contributed by atoms with Crippen LogP contribution in [0.5, 0.6) is 0 Å². The minimum Gasteiger partial charge on any atom is -0.481 e. The van der Waals surface area contributed by atoms with Gasteiger partial charge in [0.15, 0.2) is 0 Å². The third-order valence-electron chi connectivity index (χ3n) is 4.42. The Bertz CT molecular complexity index is 351. The predicted octanol–water partition coefficient (Wildman–Crippen LogP) is 1.28. The number of carbonyl (C=O) groups is 2. The van der Waals surface area contributed by atoms with Crippen molar-refractivity contribution in [1.82, 2.24) is 10.6 Å². The number of nitrogens with one attached hydrogen (secondary N) is 2. The zero-order valence-corrected chi connectivity index (χ0v) is 11.6. The van der Waals surface area contributed by atoms with Gasteiger partial charge in [-0.1, -0.05) is 19.8 Å². The van der Waals surface area contributed by atoms with E-state index in [1.165, 1.54) is 0 Å². The summed E-state index contributed by atoms with van der Waals surface area (Å²) in [6, 6.07) is -0.157. The first-order valence-corrected chi connectivity index (χ1v) is 7.28. The van der Waals surface area contributed by atoms with Crippen LogP contribution in [-0.4, -0.2) is 35.1 Å². The fourth-order valence-electron chi connectivity index (χ4n) is 3.34. The van der Waals surface area contributed by atoms with E-state index in [9.17, 15) is 9.59 Å². The van der Waals surface area contributed by atoms with Crippen molar-refractivity contribution in [2.75, 3.05) is 6.54 Å². The molecule has 1 saturated carbocycles. The van der Waals surface area contributed by atoms with E-state index in [0.29, 0.717) is 5.92 Å². The van der Waals surface area contributed by atoms with Crippen LogP contribution >= 0.6 is 0 Å². The third-order valence-corrected chi connectivity index (χ3v) is 4.42. The molecule has 1 saturated heterocycles. The molecule has 5 nitrogen and oxygen atoms in total. The standard InChI is InChI=1S/C14H24N2O3/c1-10-4-7-15-11(8-10)13(19)16-14(9-12(17)18)5-2-3-6-14/h10-11,15H,2-9H2,1H3,(H,16,19)(H,17,18). The zero-order valence-electron chi connectivity index (χ0n) is 11.6. The number of rotatable bonds is 4. The SMILES string of the molecule is CC1CCNC(C(=O)NC2(CC(=O)O)CCCC2)C1. The van der Waals surface area contributed by atoms with Crippen LogP contribution in [0.3, 0.4) is 0 Å². The topological polar surface area (TPSA) is 78.4 Å². The van der Waals surface area contributed by atoms with Gasteiger partial charge in [0, 0.05) is 0 Å². The summed E-state index contributed by atoms with van der Waals surface area (Å²) in [6.07, 6.45) is 5.56. The van der Waals surface area contributed by atoms with Gasteiger partial charge in [0.25, 0.3) is 0 Å². The number of carboxylic acid groups (broad SMARTS) is 1. The molecule has 0 spiro atoms. The van der Waals surface area contributed by atoms with Gasteiger partial charge in [-0.25, -0.2) is 0 Å². The van der Waals surface area contributed by atoms with Gasteiger partial charge in [-0.15, -0.1) is 0 Å². The summed E-state index contributed by atoms with van der Waals surface area (Å²) in [4.78, 5) is 23.3. The summed E-state index contributed by atoms with van der Waals surface area (Å²) in [6.45, 7) is 3.02. The second-order valence-electron chi connectivity index (χ2n) is 6.18. The van der Waals surface area contributed by atoms with Crippen molar-refractivity contribution in [1.29, 1.82) is 0 Å². The highest BCUT2D eigenvalue weighted by atomic mass is 16.4. The molecular formula is C14H24N2O3. The van der Waals surface area contributed by atoms with E-state index in [4.69, 9.17) is 5.11 Å². The second kappa shape index (κ2) is 5.90. The molecule has 5 heteroatoms. The molecule has 1 aliphatic carbocycles. The highest BCUT2D eigenvalue weighted by Crippen LogP contribution is 2.33. The van der Waals surface area contributed by atoms with Gasteiger partial charge >= 0.3 is 5.97 Å². The quantitative estimate of drug-likeness (QED) is 0.717. The third kappa shape index (κ3) is 3.69. The molecule has 2 aliphatic rings. The van der Waals surface area contributed by atoms with Crippen LogP contribution in [0, 0.1) is 5.92 Å². The van der Waals surface area contributed by atoms with Crippen molar-refractivity contribution in [2.24, 2.45) is 5.92 Å². The molecule has 0 bridgehead atoms. The van der Waals surface area contributed by atoms with Gasteiger partial charge < -0.3 is 15.7 Å². The monoisotopic (exact) mass is 268 g/mol. The molecule has 1 heterocycles. The van der Waals surface area contributed by atoms with E-state index in [2.05, 4.69) is 17.6 Å². The minimum atomic E-state index is -0.827. The van der Waals surface area contributed by atoms with Gasteiger partial charge in [-0.05, 0) is 38.1 Å². The lowest BCUT2D eigenvalue weighted by Crippen LogP contribution is -2.56. The molecule has 0 aromatic heterocycles. The first-order valence-electron chi connectivity index (χ1n) is 7.28. The van der Waals surface area contributed by atoms with Gasteiger partial charge in [0.1, 0.15) is 0 Å². The summed E-state index contributed by atoms with van der Waals surface area (Å²) in [5.41, 5.74) is -0.509. The molecule has 2 fully saturated rings. The molecule has 2 rings (SSSR count). The van der Waals surface area contributed by atoms with E-state index in [0.717, 1.165) is 45.1 Å². The lowest BCUT2D eigenvalue weighted by Gasteiger charge is -2.33. The Morgan fingerprint density at radius 3 is 2.63 bits per heavy atom. The Kier molecular flexibility index (Phi) is 4.45. The molecule has 0 radical (unpaired) electrons. The van der Waals surface area contributed by atoms with Crippen LogP contribution in [0.25, 0.3) is 0 Å². The number of amides is 1. The van der Waals surface area contributed by atoms with Crippen LogP contribution < -0.4 is 10.6 Å². The van der Waals surface area contributed by atoms with Gasteiger partial charge in [-0.3, -0.25) is 9.59 Å². The molecule has 3 N–H and O–H groups in total. The van der Waals surface area contributed by atoms with Crippen LogP contribution in [0.1, 0.15) is 51.9 Å². The molecule has 0 aromatic rings. The van der Waals surface area contributed by atoms with E-state index >= 15 is 0 Å². The molecule has 0 aromatic carbocycles. The Hall–Kier alpha value is -1.10. The Morgan fingerprint density at radius 2 is 2.05 bits per heavy atom. The van der Waals surface area contributed by atoms with Crippen LogP contribution in [-0.2, 0) is 9.59 Å². The van der Waals surface area contributed by atoms with Gasteiger partial charge in [0.2, 0.25) is 5.91 Å². The number of hydrogen-bond acceptors (Lipinski definition) is 3. The zero-order chi connectivity index (χ0) is 13.9. The van der Waals surface area contributed by atoms with Crippen molar-refractivity contribution in [2.45, 2.75) is 63.5 Å². The smallest absolute Gasteiger partial charge is 0.305 e. The average Bonchev–Trinajstić information content (AvgIpc) is 2.76.